The van der Waals surface area contributed by atoms with Crippen molar-refractivity contribution >= 4 is 5.97 Å². The minimum absolute atomic E-state index is 0.0776. The molecule has 4 bridgehead atoms. The normalized spacial score (nSPS) is 47.5. The number of carbonyl (C=O) groups excluding carboxylic acids is 1. The highest BCUT2D eigenvalue weighted by atomic mass is 16.6. The van der Waals surface area contributed by atoms with Gasteiger partial charge in [0.05, 0.1) is 0 Å². The summed E-state index contributed by atoms with van der Waals surface area (Å²) in [7, 11) is 0. The summed E-state index contributed by atoms with van der Waals surface area (Å²) >= 11 is 0. The third kappa shape index (κ3) is 1.56. The molecule has 0 aromatic carbocycles. The zero-order valence-electron chi connectivity index (χ0n) is 11.2. The van der Waals surface area contributed by atoms with Gasteiger partial charge in [0.25, 0.3) is 0 Å². The first kappa shape index (κ1) is 11.6. The highest BCUT2D eigenvalue weighted by Crippen LogP contribution is 2.61. The number of esters is 1. The molecule has 0 heterocycles. The summed E-state index contributed by atoms with van der Waals surface area (Å²) in [4.78, 5) is 11.5. The lowest BCUT2D eigenvalue weighted by atomic mass is 9.47. The molecule has 0 unspecified atom stereocenters. The smallest absolute Gasteiger partial charge is 0.303 e. The van der Waals surface area contributed by atoms with Crippen LogP contribution < -0.4 is 0 Å². The van der Waals surface area contributed by atoms with Gasteiger partial charge in [-0.15, -0.1) is 0 Å². The number of rotatable bonds is 2. The van der Waals surface area contributed by atoms with Gasteiger partial charge >= 0.3 is 5.97 Å². The molecule has 0 atom stereocenters. The van der Waals surface area contributed by atoms with Crippen LogP contribution >= 0.6 is 0 Å². The molecule has 17 heavy (non-hydrogen) atoms. The van der Waals surface area contributed by atoms with E-state index in [1.54, 1.807) is 6.92 Å². The minimum Gasteiger partial charge on any atom is -0.458 e. The topological polar surface area (TPSA) is 26.3 Å². The van der Waals surface area contributed by atoms with Gasteiger partial charge in [-0.05, 0) is 61.7 Å². The van der Waals surface area contributed by atoms with E-state index in [1.165, 1.54) is 32.1 Å². The maximum atomic E-state index is 11.5. The van der Waals surface area contributed by atoms with Crippen LogP contribution in [0.5, 0.6) is 0 Å². The molecular formula is C15H24O2. The molecule has 4 aliphatic carbocycles. The van der Waals surface area contributed by atoms with Crippen molar-refractivity contribution in [3.05, 3.63) is 0 Å². The third-order valence-corrected chi connectivity index (χ3v) is 5.64. The molecule has 0 N–H and O–H groups in total. The largest absolute Gasteiger partial charge is 0.458 e. The van der Waals surface area contributed by atoms with Gasteiger partial charge in [0, 0.05) is 6.92 Å². The average molecular weight is 236 g/mol. The van der Waals surface area contributed by atoms with Crippen molar-refractivity contribution in [2.45, 2.75) is 58.5 Å². The summed E-state index contributed by atoms with van der Waals surface area (Å²) in [6.45, 7) is 6.06. The highest BCUT2D eigenvalue weighted by Gasteiger charge is 2.60. The molecular weight excluding hydrogens is 212 g/mol. The monoisotopic (exact) mass is 236 g/mol. The molecule has 4 aliphatic rings. The maximum Gasteiger partial charge on any atom is 0.303 e. The molecule has 4 saturated carbocycles. The van der Waals surface area contributed by atoms with E-state index in [1.807, 2.05) is 0 Å². The number of hydrogen-bond acceptors (Lipinski definition) is 2. The summed E-state index contributed by atoms with van der Waals surface area (Å²) in [6, 6.07) is 0. The van der Waals surface area contributed by atoms with Crippen LogP contribution in [0.2, 0.25) is 0 Å². The Bertz CT molecular complexity index is 304. The lowest BCUT2D eigenvalue weighted by Gasteiger charge is -2.61. The van der Waals surface area contributed by atoms with Gasteiger partial charge in [-0.3, -0.25) is 4.79 Å². The van der Waals surface area contributed by atoms with E-state index in [4.69, 9.17) is 4.74 Å². The Kier molecular flexibility index (Phi) is 2.53. The van der Waals surface area contributed by atoms with Crippen LogP contribution in [0.15, 0.2) is 0 Å². The van der Waals surface area contributed by atoms with Crippen LogP contribution in [-0.4, -0.2) is 11.6 Å². The molecule has 0 aromatic rings. The van der Waals surface area contributed by atoms with E-state index in [0.29, 0.717) is 17.8 Å². The van der Waals surface area contributed by atoms with Crippen LogP contribution in [0.25, 0.3) is 0 Å². The predicted octanol–water partition coefficient (Wildman–Crippen LogP) is 3.40. The van der Waals surface area contributed by atoms with E-state index in [0.717, 1.165) is 11.8 Å². The lowest BCUT2D eigenvalue weighted by molar-refractivity contribution is -0.223. The second-order valence-electron chi connectivity index (χ2n) is 6.91. The lowest BCUT2D eigenvalue weighted by Crippen LogP contribution is -2.62. The first-order chi connectivity index (χ1) is 8.02. The number of carbonyl (C=O) groups is 1. The maximum absolute atomic E-state index is 11.5. The SMILES string of the molecule is CC(=O)OC1(C(C)C)C2CC3CC(C2)CC1C3. The van der Waals surface area contributed by atoms with E-state index < -0.39 is 0 Å². The number of ether oxygens (including phenoxy) is 1. The third-order valence-electron chi connectivity index (χ3n) is 5.64. The van der Waals surface area contributed by atoms with Crippen LogP contribution in [-0.2, 0) is 9.53 Å². The van der Waals surface area contributed by atoms with Gasteiger partial charge in [-0.1, -0.05) is 13.8 Å². The Balaban J connectivity index is 1.95. The summed E-state index contributed by atoms with van der Waals surface area (Å²) in [5.74, 6) is 3.53. The molecule has 4 rings (SSSR count). The molecule has 4 fully saturated rings. The second kappa shape index (κ2) is 3.73. The Morgan fingerprint density at radius 3 is 1.88 bits per heavy atom. The van der Waals surface area contributed by atoms with Gasteiger partial charge in [0.2, 0.25) is 0 Å². The zero-order chi connectivity index (χ0) is 12.2. The van der Waals surface area contributed by atoms with Gasteiger partial charge < -0.3 is 4.74 Å². The zero-order valence-corrected chi connectivity index (χ0v) is 11.2. The van der Waals surface area contributed by atoms with Crippen molar-refractivity contribution < 1.29 is 9.53 Å². The van der Waals surface area contributed by atoms with Crippen molar-refractivity contribution in [1.29, 1.82) is 0 Å². The summed E-state index contributed by atoms with van der Waals surface area (Å²) in [6.07, 6.45) is 6.66. The molecule has 0 amide bonds. The van der Waals surface area contributed by atoms with Gasteiger partial charge in [-0.2, -0.15) is 0 Å². The Labute approximate surface area is 104 Å². The summed E-state index contributed by atoms with van der Waals surface area (Å²) in [5.41, 5.74) is -0.126. The Morgan fingerprint density at radius 1 is 1.06 bits per heavy atom. The van der Waals surface area contributed by atoms with Crippen molar-refractivity contribution in [2.24, 2.45) is 29.6 Å². The van der Waals surface area contributed by atoms with Crippen molar-refractivity contribution in [3.8, 4) is 0 Å². The highest BCUT2D eigenvalue weighted by molar-refractivity contribution is 5.66. The van der Waals surface area contributed by atoms with E-state index in [2.05, 4.69) is 13.8 Å². The molecule has 0 radical (unpaired) electrons. The fourth-order valence-corrected chi connectivity index (χ4v) is 5.40. The van der Waals surface area contributed by atoms with E-state index in [9.17, 15) is 4.79 Å². The quantitative estimate of drug-likeness (QED) is 0.687. The first-order valence-corrected chi connectivity index (χ1v) is 7.22. The predicted molar refractivity (Wildman–Crippen MR) is 66.4 cm³/mol. The molecule has 2 nitrogen and oxygen atoms in total. The van der Waals surface area contributed by atoms with Crippen molar-refractivity contribution in [3.63, 3.8) is 0 Å². The molecule has 0 saturated heterocycles. The average Bonchev–Trinajstić information content (AvgIpc) is 2.21. The molecule has 96 valence electrons. The van der Waals surface area contributed by atoms with Crippen LogP contribution in [0.4, 0.5) is 0 Å². The fraction of sp³-hybridized carbons (Fsp3) is 0.933. The minimum atomic E-state index is -0.126. The van der Waals surface area contributed by atoms with Crippen molar-refractivity contribution in [1.82, 2.24) is 0 Å². The summed E-state index contributed by atoms with van der Waals surface area (Å²) < 4.78 is 5.94. The fourth-order valence-electron chi connectivity index (χ4n) is 5.40. The molecule has 2 heteroatoms. The van der Waals surface area contributed by atoms with Crippen LogP contribution in [0, 0.1) is 29.6 Å². The first-order valence-electron chi connectivity index (χ1n) is 7.22. The standard InChI is InChI=1S/C15H24O2/c1-9(2)15(17-10(3)16)13-5-11-4-12(7-13)8-14(15)6-11/h9,11-14H,4-8H2,1-3H3. The molecule has 0 aliphatic heterocycles. The number of hydrogen-bond donors (Lipinski definition) is 0. The Hall–Kier alpha value is -0.530. The van der Waals surface area contributed by atoms with Crippen LogP contribution in [0.1, 0.15) is 52.9 Å². The van der Waals surface area contributed by atoms with Gasteiger partial charge in [-0.25, -0.2) is 0 Å². The van der Waals surface area contributed by atoms with Gasteiger partial charge in [0.15, 0.2) is 0 Å². The second-order valence-corrected chi connectivity index (χ2v) is 6.91. The van der Waals surface area contributed by atoms with E-state index in [-0.39, 0.29) is 11.6 Å². The van der Waals surface area contributed by atoms with Crippen molar-refractivity contribution in [2.75, 3.05) is 0 Å². The van der Waals surface area contributed by atoms with Crippen LogP contribution in [0.3, 0.4) is 0 Å². The molecule has 0 aromatic heterocycles. The van der Waals surface area contributed by atoms with Gasteiger partial charge in [0.1, 0.15) is 5.60 Å². The Morgan fingerprint density at radius 2 is 1.53 bits per heavy atom. The van der Waals surface area contributed by atoms with E-state index >= 15 is 0 Å². The molecule has 0 spiro atoms. The summed E-state index contributed by atoms with van der Waals surface area (Å²) in [5, 5.41) is 0.